The van der Waals surface area contributed by atoms with Crippen molar-refractivity contribution in [1.82, 2.24) is 14.9 Å². The molecule has 1 heterocycles. The van der Waals surface area contributed by atoms with Crippen LogP contribution in [0.25, 0.3) is 5.69 Å². The SMILES string of the molecule is CC(NC(=O)Nc1ccc(Cl)cc1)c1ccc(-n2ccnc2)cc1. The molecule has 0 saturated carbocycles. The fourth-order valence-corrected chi connectivity index (χ4v) is 2.45. The van der Waals surface area contributed by atoms with Gasteiger partial charge in [-0.25, -0.2) is 9.78 Å². The van der Waals surface area contributed by atoms with Gasteiger partial charge in [0.15, 0.2) is 0 Å². The van der Waals surface area contributed by atoms with Gasteiger partial charge < -0.3 is 15.2 Å². The first-order valence-electron chi connectivity index (χ1n) is 7.53. The van der Waals surface area contributed by atoms with Crippen molar-refractivity contribution in [3.8, 4) is 5.69 Å². The summed E-state index contributed by atoms with van der Waals surface area (Å²) in [7, 11) is 0. The first-order chi connectivity index (χ1) is 11.6. The molecule has 3 aromatic rings. The van der Waals surface area contributed by atoms with Gasteiger partial charge in [-0.15, -0.1) is 0 Å². The summed E-state index contributed by atoms with van der Waals surface area (Å²) in [6.07, 6.45) is 5.37. The molecule has 0 aliphatic heterocycles. The van der Waals surface area contributed by atoms with Crippen LogP contribution in [0.15, 0.2) is 67.3 Å². The minimum Gasteiger partial charge on any atom is -0.331 e. The summed E-state index contributed by atoms with van der Waals surface area (Å²) in [5.41, 5.74) is 2.73. The Hall–Kier alpha value is -2.79. The third-order valence-corrected chi connectivity index (χ3v) is 3.90. The molecule has 2 N–H and O–H groups in total. The van der Waals surface area contributed by atoms with Gasteiger partial charge >= 0.3 is 6.03 Å². The lowest BCUT2D eigenvalue weighted by atomic mass is 10.1. The second kappa shape index (κ2) is 7.19. The molecule has 2 amide bonds. The molecule has 3 rings (SSSR count). The van der Waals surface area contributed by atoms with Gasteiger partial charge in [0.1, 0.15) is 0 Å². The van der Waals surface area contributed by atoms with E-state index in [0.717, 1.165) is 11.3 Å². The average Bonchev–Trinajstić information content (AvgIpc) is 3.11. The zero-order valence-corrected chi connectivity index (χ0v) is 13.9. The molecule has 1 unspecified atom stereocenters. The van der Waals surface area contributed by atoms with Crippen LogP contribution in [-0.2, 0) is 0 Å². The van der Waals surface area contributed by atoms with E-state index in [4.69, 9.17) is 11.6 Å². The lowest BCUT2D eigenvalue weighted by Crippen LogP contribution is -2.31. The standard InChI is InChI=1S/C18H17ClN4O/c1-13(21-18(24)22-16-6-4-15(19)5-7-16)14-2-8-17(9-3-14)23-11-10-20-12-23/h2-13H,1H3,(H2,21,22,24). The second-order valence-corrected chi connectivity index (χ2v) is 5.82. The van der Waals surface area contributed by atoms with E-state index in [1.165, 1.54) is 0 Å². The number of hydrogen-bond acceptors (Lipinski definition) is 2. The minimum atomic E-state index is -0.261. The molecule has 0 aliphatic rings. The number of carbonyl (C=O) groups excluding carboxylic acids is 1. The summed E-state index contributed by atoms with van der Waals surface area (Å²) < 4.78 is 1.93. The molecule has 0 bridgehead atoms. The maximum absolute atomic E-state index is 12.1. The number of anilines is 1. The average molecular weight is 341 g/mol. The summed E-state index contributed by atoms with van der Waals surface area (Å²) in [6, 6.07) is 14.6. The highest BCUT2D eigenvalue weighted by molar-refractivity contribution is 6.30. The van der Waals surface area contributed by atoms with Crippen LogP contribution in [0.1, 0.15) is 18.5 Å². The van der Waals surface area contributed by atoms with Gasteiger partial charge in [0.05, 0.1) is 12.4 Å². The zero-order chi connectivity index (χ0) is 16.9. The molecule has 2 aromatic carbocycles. The Morgan fingerprint density at radius 3 is 2.46 bits per heavy atom. The number of hydrogen-bond donors (Lipinski definition) is 2. The Balaban J connectivity index is 1.60. The molecule has 0 radical (unpaired) electrons. The number of nitrogens with zero attached hydrogens (tertiary/aromatic N) is 2. The van der Waals surface area contributed by atoms with Crippen molar-refractivity contribution >= 4 is 23.3 Å². The van der Waals surface area contributed by atoms with Crippen LogP contribution in [0.5, 0.6) is 0 Å². The van der Waals surface area contributed by atoms with E-state index in [2.05, 4.69) is 15.6 Å². The fraction of sp³-hybridized carbons (Fsp3) is 0.111. The van der Waals surface area contributed by atoms with Gasteiger partial charge in [0.25, 0.3) is 0 Å². The van der Waals surface area contributed by atoms with Crippen LogP contribution in [0.3, 0.4) is 0 Å². The molecule has 24 heavy (non-hydrogen) atoms. The molecule has 1 aromatic heterocycles. The predicted molar refractivity (Wildman–Crippen MR) is 95.6 cm³/mol. The fourth-order valence-electron chi connectivity index (χ4n) is 2.33. The monoisotopic (exact) mass is 340 g/mol. The number of halogens is 1. The molecule has 0 fully saturated rings. The first-order valence-corrected chi connectivity index (χ1v) is 7.91. The normalized spacial score (nSPS) is 11.8. The van der Waals surface area contributed by atoms with Crippen molar-refractivity contribution in [1.29, 1.82) is 0 Å². The lowest BCUT2D eigenvalue weighted by Gasteiger charge is -2.15. The highest BCUT2D eigenvalue weighted by atomic mass is 35.5. The maximum Gasteiger partial charge on any atom is 0.319 e. The van der Waals surface area contributed by atoms with Crippen LogP contribution in [0.4, 0.5) is 10.5 Å². The molecule has 0 saturated heterocycles. The summed E-state index contributed by atoms with van der Waals surface area (Å²) in [5.74, 6) is 0. The molecule has 122 valence electrons. The van der Waals surface area contributed by atoms with Crippen LogP contribution >= 0.6 is 11.6 Å². The third kappa shape index (κ3) is 3.94. The topological polar surface area (TPSA) is 59.0 Å². The molecule has 1 atom stereocenters. The van der Waals surface area contributed by atoms with Crippen molar-refractivity contribution in [3.63, 3.8) is 0 Å². The Bertz CT molecular complexity index is 798. The first kappa shape index (κ1) is 16.1. The van der Waals surface area contributed by atoms with Gasteiger partial charge in [0, 0.05) is 28.8 Å². The van der Waals surface area contributed by atoms with Gasteiger partial charge in [0.2, 0.25) is 0 Å². The van der Waals surface area contributed by atoms with Crippen molar-refractivity contribution < 1.29 is 4.79 Å². The van der Waals surface area contributed by atoms with E-state index in [-0.39, 0.29) is 12.1 Å². The van der Waals surface area contributed by atoms with Crippen molar-refractivity contribution in [2.45, 2.75) is 13.0 Å². The number of imidazole rings is 1. The Labute approximate surface area is 145 Å². The molecule has 0 aliphatic carbocycles. The highest BCUT2D eigenvalue weighted by Gasteiger charge is 2.10. The van der Waals surface area contributed by atoms with Gasteiger partial charge in [-0.1, -0.05) is 23.7 Å². The van der Waals surface area contributed by atoms with Gasteiger partial charge in [-0.05, 0) is 48.9 Å². The van der Waals surface area contributed by atoms with E-state index in [0.29, 0.717) is 10.7 Å². The summed E-state index contributed by atoms with van der Waals surface area (Å²) in [6.45, 7) is 1.94. The highest BCUT2D eigenvalue weighted by Crippen LogP contribution is 2.17. The van der Waals surface area contributed by atoms with Crippen LogP contribution in [0, 0.1) is 0 Å². The van der Waals surface area contributed by atoms with Gasteiger partial charge in [-0.2, -0.15) is 0 Å². The number of benzene rings is 2. The molecule has 5 nitrogen and oxygen atoms in total. The smallest absolute Gasteiger partial charge is 0.319 e. The predicted octanol–water partition coefficient (Wildman–Crippen LogP) is 4.41. The summed E-state index contributed by atoms with van der Waals surface area (Å²) >= 11 is 5.83. The Morgan fingerprint density at radius 1 is 1.12 bits per heavy atom. The molecular formula is C18H17ClN4O. The van der Waals surface area contributed by atoms with Crippen LogP contribution < -0.4 is 10.6 Å². The third-order valence-electron chi connectivity index (χ3n) is 3.65. The second-order valence-electron chi connectivity index (χ2n) is 5.39. The molecule has 0 spiro atoms. The zero-order valence-electron chi connectivity index (χ0n) is 13.1. The number of urea groups is 1. The van der Waals surface area contributed by atoms with E-state index in [1.54, 1.807) is 36.8 Å². The minimum absolute atomic E-state index is 0.117. The van der Waals surface area contributed by atoms with Crippen LogP contribution in [0.2, 0.25) is 5.02 Å². The quantitative estimate of drug-likeness (QED) is 0.739. The van der Waals surface area contributed by atoms with E-state index in [1.807, 2.05) is 42.0 Å². The summed E-state index contributed by atoms with van der Waals surface area (Å²) in [5, 5.41) is 6.33. The Morgan fingerprint density at radius 2 is 1.83 bits per heavy atom. The Kier molecular flexibility index (Phi) is 4.82. The molecular weight excluding hydrogens is 324 g/mol. The number of rotatable bonds is 4. The number of nitrogens with one attached hydrogen (secondary N) is 2. The van der Waals surface area contributed by atoms with Crippen molar-refractivity contribution in [2.75, 3.05) is 5.32 Å². The molecule has 6 heteroatoms. The van der Waals surface area contributed by atoms with Crippen molar-refractivity contribution in [3.05, 3.63) is 77.8 Å². The number of carbonyl (C=O) groups is 1. The maximum atomic E-state index is 12.1. The lowest BCUT2D eigenvalue weighted by molar-refractivity contribution is 0.249. The van der Waals surface area contributed by atoms with Gasteiger partial charge in [-0.3, -0.25) is 0 Å². The largest absolute Gasteiger partial charge is 0.331 e. The van der Waals surface area contributed by atoms with Crippen LogP contribution in [-0.4, -0.2) is 15.6 Å². The summed E-state index contributed by atoms with van der Waals surface area (Å²) in [4.78, 5) is 16.1. The van der Waals surface area contributed by atoms with E-state index in [9.17, 15) is 4.79 Å². The number of amides is 2. The number of aromatic nitrogens is 2. The van der Waals surface area contributed by atoms with Crippen molar-refractivity contribution in [2.24, 2.45) is 0 Å². The van der Waals surface area contributed by atoms with E-state index >= 15 is 0 Å². The van der Waals surface area contributed by atoms with E-state index < -0.39 is 0 Å².